The van der Waals surface area contributed by atoms with Crippen LogP contribution in [-0.4, -0.2) is 53.4 Å². The summed E-state index contributed by atoms with van der Waals surface area (Å²) in [5.74, 6) is -0.371. The Hall–Kier alpha value is -3.85. The van der Waals surface area contributed by atoms with Crippen molar-refractivity contribution in [2.45, 2.75) is 49.8 Å². The Morgan fingerprint density at radius 1 is 0.756 bits per heavy atom. The minimum absolute atomic E-state index is 0.0745. The van der Waals surface area contributed by atoms with E-state index in [1.54, 1.807) is 0 Å². The number of carbonyl (C=O) groups excluding carboxylic acids is 1. The first-order chi connectivity index (χ1) is 20.0. The fourth-order valence-corrected chi connectivity index (χ4v) is 5.33. The molecule has 5 rings (SSSR count). The Morgan fingerprint density at radius 2 is 1.22 bits per heavy atom. The van der Waals surface area contributed by atoms with Gasteiger partial charge in [0.25, 0.3) is 0 Å². The van der Waals surface area contributed by atoms with Gasteiger partial charge in [-0.1, -0.05) is 121 Å². The summed E-state index contributed by atoms with van der Waals surface area (Å²) in [4.78, 5) is 12.0. The minimum Gasteiger partial charge on any atom is -0.388 e. The number of rotatable bonds is 10. The van der Waals surface area contributed by atoms with E-state index in [0.717, 1.165) is 22.3 Å². The van der Waals surface area contributed by atoms with Crippen LogP contribution in [0.5, 0.6) is 0 Å². The molecule has 3 N–H and O–H groups in total. The van der Waals surface area contributed by atoms with Crippen molar-refractivity contribution in [3.05, 3.63) is 144 Å². The van der Waals surface area contributed by atoms with Crippen LogP contribution in [0.25, 0.3) is 0 Å². The third-order valence-electron chi connectivity index (χ3n) is 7.33. The molecule has 5 atom stereocenters. The van der Waals surface area contributed by atoms with E-state index in [9.17, 15) is 15.0 Å². The lowest BCUT2D eigenvalue weighted by Crippen LogP contribution is -2.64. The SMILES string of the molecule is CC(=O)N[C@@H]1[C@H](OCc2ccccc2)O[C@H](COC(c2ccccc2)(c2ccccc2)c2ccccc2)[C@@H](O)[C@H]1O. The van der Waals surface area contributed by atoms with E-state index in [1.807, 2.05) is 121 Å². The van der Waals surface area contributed by atoms with Gasteiger partial charge >= 0.3 is 0 Å². The molecule has 1 fully saturated rings. The number of nitrogens with one attached hydrogen (secondary N) is 1. The van der Waals surface area contributed by atoms with Crippen LogP contribution >= 0.6 is 0 Å². The van der Waals surface area contributed by atoms with Gasteiger partial charge in [-0.25, -0.2) is 0 Å². The fourth-order valence-electron chi connectivity index (χ4n) is 5.33. The molecule has 0 unspecified atom stereocenters. The molecule has 7 heteroatoms. The Labute approximate surface area is 240 Å². The highest BCUT2D eigenvalue weighted by Crippen LogP contribution is 2.41. The summed E-state index contributed by atoms with van der Waals surface area (Å²) in [7, 11) is 0. The van der Waals surface area contributed by atoms with E-state index in [-0.39, 0.29) is 19.1 Å². The summed E-state index contributed by atoms with van der Waals surface area (Å²) < 4.78 is 19.1. The summed E-state index contributed by atoms with van der Waals surface area (Å²) in [6.07, 6.45) is -4.66. The molecule has 0 spiro atoms. The molecule has 0 bridgehead atoms. The monoisotopic (exact) mass is 553 g/mol. The number of amides is 1. The highest BCUT2D eigenvalue weighted by atomic mass is 16.7. The maximum Gasteiger partial charge on any atom is 0.217 e. The van der Waals surface area contributed by atoms with Crippen LogP contribution in [0.2, 0.25) is 0 Å². The Kier molecular flexibility index (Phi) is 9.24. The zero-order valence-electron chi connectivity index (χ0n) is 22.9. The molecule has 4 aromatic carbocycles. The fraction of sp³-hybridized carbons (Fsp3) is 0.265. The first kappa shape index (κ1) is 28.7. The Bertz CT molecular complexity index is 1270. The van der Waals surface area contributed by atoms with Crippen LogP contribution < -0.4 is 5.32 Å². The molecular weight excluding hydrogens is 518 g/mol. The van der Waals surface area contributed by atoms with Gasteiger partial charge in [-0.15, -0.1) is 0 Å². The number of hydrogen-bond donors (Lipinski definition) is 3. The van der Waals surface area contributed by atoms with Crippen molar-refractivity contribution in [3.8, 4) is 0 Å². The maximum atomic E-state index is 12.0. The first-order valence-corrected chi connectivity index (χ1v) is 13.7. The average molecular weight is 554 g/mol. The highest BCUT2D eigenvalue weighted by Gasteiger charge is 2.47. The van der Waals surface area contributed by atoms with E-state index < -0.39 is 36.2 Å². The van der Waals surface area contributed by atoms with Gasteiger partial charge in [0.1, 0.15) is 30.0 Å². The average Bonchev–Trinajstić information content (AvgIpc) is 3.02. The molecule has 4 aromatic rings. The van der Waals surface area contributed by atoms with Crippen molar-refractivity contribution < 1.29 is 29.2 Å². The van der Waals surface area contributed by atoms with Crippen LogP contribution in [0.3, 0.4) is 0 Å². The second-order valence-electron chi connectivity index (χ2n) is 10.1. The molecule has 1 amide bonds. The Balaban J connectivity index is 1.47. The molecule has 0 radical (unpaired) electrons. The summed E-state index contributed by atoms with van der Waals surface area (Å²) in [5, 5.41) is 25.0. The van der Waals surface area contributed by atoms with E-state index in [1.165, 1.54) is 6.92 Å². The topological polar surface area (TPSA) is 97.3 Å². The summed E-state index contributed by atoms with van der Waals surface area (Å²) >= 11 is 0. The molecule has 41 heavy (non-hydrogen) atoms. The number of aliphatic hydroxyl groups is 2. The van der Waals surface area contributed by atoms with Crippen LogP contribution in [0.15, 0.2) is 121 Å². The summed E-state index contributed by atoms with van der Waals surface area (Å²) in [6, 6.07) is 38.2. The van der Waals surface area contributed by atoms with Gasteiger partial charge in [-0.3, -0.25) is 4.79 Å². The third kappa shape index (κ3) is 6.40. The molecule has 1 heterocycles. The lowest BCUT2D eigenvalue weighted by molar-refractivity contribution is -0.279. The van der Waals surface area contributed by atoms with Gasteiger partial charge in [0.15, 0.2) is 6.29 Å². The molecule has 1 aliphatic heterocycles. The van der Waals surface area contributed by atoms with Crippen molar-refractivity contribution in [3.63, 3.8) is 0 Å². The van der Waals surface area contributed by atoms with E-state index in [0.29, 0.717) is 0 Å². The maximum absolute atomic E-state index is 12.0. The molecule has 0 aromatic heterocycles. The van der Waals surface area contributed by atoms with E-state index in [4.69, 9.17) is 14.2 Å². The lowest BCUT2D eigenvalue weighted by Gasteiger charge is -2.44. The predicted molar refractivity (Wildman–Crippen MR) is 155 cm³/mol. The molecule has 7 nitrogen and oxygen atoms in total. The van der Waals surface area contributed by atoms with Gasteiger partial charge in [-0.2, -0.15) is 0 Å². The molecule has 0 saturated carbocycles. The quantitative estimate of drug-likeness (QED) is 0.255. The van der Waals surface area contributed by atoms with Crippen LogP contribution in [0, 0.1) is 0 Å². The van der Waals surface area contributed by atoms with Crippen molar-refractivity contribution in [1.29, 1.82) is 0 Å². The Morgan fingerprint density at radius 3 is 1.68 bits per heavy atom. The van der Waals surface area contributed by atoms with Crippen molar-refractivity contribution >= 4 is 5.91 Å². The highest BCUT2D eigenvalue weighted by molar-refractivity contribution is 5.73. The minimum atomic E-state index is -1.35. The van der Waals surface area contributed by atoms with Crippen LogP contribution in [0.1, 0.15) is 29.2 Å². The number of aliphatic hydroxyl groups excluding tert-OH is 2. The standard InChI is InChI=1S/C34H35NO6/c1-24(36)35-30-32(38)31(37)29(41-33(30)39-22-25-14-6-2-7-15-25)23-40-34(26-16-8-3-9-17-26,27-18-10-4-11-19-27)28-20-12-5-13-21-28/h2-21,29-33,37-38H,22-23H2,1H3,(H,35,36)/t29-,30+,31-,32+,33-/m1/s1. The predicted octanol–water partition coefficient (Wildman–Crippen LogP) is 4.16. The molecule has 0 aliphatic carbocycles. The zero-order valence-corrected chi connectivity index (χ0v) is 22.9. The molecule has 212 valence electrons. The van der Waals surface area contributed by atoms with Crippen molar-refractivity contribution in [2.75, 3.05) is 6.61 Å². The normalized spacial score (nSPS) is 22.7. The number of ether oxygens (including phenoxy) is 3. The van der Waals surface area contributed by atoms with Crippen molar-refractivity contribution in [2.24, 2.45) is 0 Å². The second-order valence-corrected chi connectivity index (χ2v) is 10.1. The van der Waals surface area contributed by atoms with Gasteiger partial charge in [-0.05, 0) is 22.3 Å². The van der Waals surface area contributed by atoms with Gasteiger partial charge in [0.05, 0.1) is 13.2 Å². The molecule has 1 saturated heterocycles. The van der Waals surface area contributed by atoms with Gasteiger partial charge in [0, 0.05) is 6.92 Å². The number of benzene rings is 4. The summed E-state index contributed by atoms with van der Waals surface area (Å²) in [5.41, 5.74) is 2.57. The third-order valence-corrected chi connectivity index (χ3v) is 7.33. The molecular formula is C34H35NO6. The lowest BCUT2D eigenvalue weighted by atomic mass is 9.80. The van der Waals surface area contributed by atoms with Gasteiger partial charge < -0.3 is 29.7 Å². The van der Waals surface area contributed by atoms with Crippen LogP contribution in [0.4, 0.5) is 0 Å². The number of carbonyl (C=O) groups is 1. The van der Waals surface area contributed by atoms with Crippen LogP contribution in [-0.2, 0) is 31.2 Å². The smallest absolute Gasteiger partial charge is 0.217 e. The van der Waals surface area contributed by atoms with E-state index >= 15 is 0 Å². The second kappa shape index (κ2) is 13.2. The van der Waals surface area contributed by atoms with Gasteiger partial charge in [0.2, 0.25) is 5.91 Å². The number of hydrogen-bond acceptors (Lipinski definition) is 6. The van der Waals surface area contributed by atoms with E-state index in [2.05, 4.69) is 5.32 Å². The largest absolute Gasteiger partial charge is 0.388 e. The zero-order chi connectivity index (χ0) is 28.7. The summed E-state index contributed by atoms with van der Waals surface area (Å²) in [6.45, 7) is 1.46. The first-order valence-electron chi connectivity index (χ1n) is 13.7. The van der Waals surface area contributed by atoms with Crippen molar-refractivity contribution in [1.82, 2.24) is 5.32 Å². The molecule has 1 aliphatic rings.